The first-order valence-corrected chi connectivity index (χ1v) is 4.54. The number of carboxylic acids is 1. The van der Waals surface area contributed by atoms with E-state index in [0.29, 0.717) is 26.1 Å². The van der Waals surface area contributed by atoms with Crippen molar-refractivity contribution in [3.05, 3.63) is 0 Å². The summed E-state index contributed by atoms with van der Waals surface area (Å²) < 4.78 is 15.2. The van der Waals surface area contributed by atoms with Crippen molar-refractivity contribution in [1.82, 2.24) is 0 Å². The maximum absolute atomic E-state index is 11.2. The van der Waals surface area contributed by atoms with Gasteiger partial charge < -0.3 is 19.3 Å². The van der Waals surface area contributed by atoms with E-state index in [9.17, 15) is 9.90 Å². The van der Waals surface area contributed by atoms with Gasteiger partial charge in [0, 0.05) is 27.4 Å². The van der Waals surface area contributed by atoms with E-state index in [1.807, 2.05) is 0 Å². The lowest BCUT2D eigenvalue weighted by atomic mass is 9.79. The Morgan fingerprint density at radius 2 is 1.86 bits per heavy atom. The zero-order valence-electron chi connectivity index (χ0n) is 8.49. The summed E-state index contributed by atoms with van der Waals surface area (Å²) in [6, 6.07) is 0. The third kappa shape index (κ3) is 1.89. The molecule has 1 aliphatic rings. The molecule has 0 bridgehead atoms. The molecule has 0 aromatic rings. The number of ether oxygens (including phenoxy) is 3. The first-order chi connectivity index (χ1) is 6.67. The van der Waals surface area contributed by atoms with E-state index < -0.39 is 17.7 Å². The highest BCUT2D eigenvalue weighted by Gasteiger charge is 2.48. The quantitative estimate of drug-likeness (QED) is 0.675. The predicted octanol–water partition coefficient (Wildman–Crippen LogP) is 0.487. The summed E-state index contributed by atoms with van der Waals surface area (Å²) in [6.45, 7) is 0.880. The van der Waals surface area contributed by atoms with E-state index in [0.717, 1.165) is 0 Å². The lowest BCUT2D eigenvalue weighted by Gasteiger charge is -2.37. The van der Waals surface area contributed by atoms with Crippen molar-refractivity contribution in [2.45, 2.75) is 19.1 Å². The van der Waals surface area contributed by atoms with E-state index in [1.54, 1.807) is 0 Å². The Kier molecular flexibility index (Phi) is 3.86. The summed E-state index contributed by atoms with van der Waals surface area (Å²) in [5.41, 5.74) is -0.957. The van der Waals surface area contributed by atoms with Crippen molar-refractivity contribution in [3.8, 4) is 0 Å². The van der Waals surface area contributed by atoms with Gasteiger partial charge in [-0.25, -0.2) is 0 Å². The Hall–Kier alpha value is -0.650. The molecular formula is C9H16O5. The molecule has 0 saturated carbocycles. The van der Waals surface area contributed by atoms with Crippen LogP contribution in [0.15, 0.2) is 0 Å². The molecule has 1 heterocycles. The molecule has 5 heteroatoms. The largest absolute Gasteiger partial charge is 0.481 e. The normalized spacial score (nSPS) is 21.1. The molecule has 1 aliphatic heterocycles. The first kappa shape index (κ1) is 11.4. The van der Waals surface area contributed by atoms with Gasteiger partial charge in [-0.3, -0.25) is 4.79 Å². The minimum Gasteiger partial charge on any atom is -0.481 e. The molecule has 1 rings (SSSR count). The highest BCUT2D eigenvalue weighted by molar-refractivity contribution is 5.75. The van der Waals surface area contributed by atoms with Gasteiger partial charge in [-0.1, -0.05) is 0 Å². The molecule has 14 heavy (non-hydrogen) atoms. The molecule has 0 amide bonds. The first-order valence-electron chi connectivity index (χ1n) is 4.54. The molecule has 1 fully saturated rings. The van der Waals surface area contributed by atoms with Gasteiger partial charge in [0.25, 0.3) is 0 Å². The van der Waals surface area contributed by atoms with Crippen molar-refractivity contribution < 1.29 is 24.1 Å². The Labute approximate surface area is 82.9 Å². The molecule has 0 aliphatic carbocycles. The van der Waals surface area contributed by atoms with Gasteiger partial charge >= 0.3 is 5.97 Å². The van der Waals surface area contributed by atoms with E-state index >= 15 is 0 Å². The second-order valence-corrected chi connectivity index (χ2v) is 3.38. The van der Waals surface area contributed by atoms with Gasteiger partial charge in [-0.05, 0) is 12.8 Å². The highest BCUT2D eigenvalue weighted by atomic mass is 16.7. The van der Waals surface area contributed by atoms with E-state index in [1.165, 1.54) is 14.2 Å². The molecular weight excluding hydrogens is 188 g/mol. The molecule has 0 aromatic carbocycles. The van der Waals surface area contributed by atoms with Crippen LogP contribution in [0.3, 0.4) is 0 Å². The van der Waals surface area contributed by atoms with Crippen LogP contribution in [0, 0.1) is 5.41 Å². The fraction of sp³-hybridized carbons (Fsp3) is 0.889. The summed E-state index contributed by atoms with van der Waals surface area (Å²) in [5, 5.41) is 9.21. The molecule has 0 aromatic heterocycles. The topological polar surface area (TPSA) is 65.0 Å². The Bertz CT molecular complexity index is 193. The highest BCUT2D eigenvalue weighted by Crippen LogP contribution is 2.36. The Balaban J connectivity index is 2.83. The minimum atomic E-state index is -0.957. The molecule has 0 unspecified atom stereocenters. The standard InChI is InChI=1S/C9H16O5/c1-12-8(13-2)9(7(10)11)3-5-14-6-4-9/h8H,3-6H2,1-2H3,(H,10,11). The van der Waals surface area contributed by atoms with Crippen LogP contribution in [0.4, 0.5) is 0 Å². The third-order valence-electron chi connectivity index (χ3n) is 2.69. The van der Waals surface area contributed by atoms with Crippen LogP contribution < -0.4 is 0 Å². The van der Waals surface area contributed by atoms with Crippen LogP contribution in [0.25, 0.3) is 0 Å². The number of carbonyl (C=O) groups is 1. The van der Waals surface area contributed by atoms with Gasteiger partial charge in [-0.2, -0.15) is 0 Å². The zero-order chi connectivity index (χ0) is 10.6. The summed E-state index contributed by atoms with van der Waals surface area (Å²) in [4.78, 5) is 11.2. The molecule has 1 saturated heterocycles. The van der Waals surface area contributed by atoms with Crippen LogP contribution in [0.5, 0.6) is 0 Å². The van der Waals surface area contributed by atoms with Gasteiger partial charge in [0.05, 0.1) is 0 Å². The fourth-order valence-electron chi connectivity index (χ4n) is 1.83. The van der Waals surface area contributed by atoms with Crippen LogP contribution in [0.1, 0.15) is 12.8 Å². The average Bonchev–Trinajstić information content (AvgIpc) is 2.21. The van der Waals surface area contributed by atoms with Crippen LogP contribution in [0.2, 0.25) is 0 Å². The monoisotopic (exact) mass is 204 g/mol. The average molecular weight is 204 g/mol. The van der Waals surface area contributed by atoms with Gasteiger partial charge in [-0.15, -0.1) is 0 Å². The molecule has 0 spiro atoms. The van der Waals surface area contributed by atoms with Crippen LogP contribution in [-0.2, 0) is 19.0 Å². The Morgan fingerprint density at radius 1 is 1.36 bits per heavy atom. The van der Waals surface area contributed by atoms with Crippen molar-refractivity contribution in [1.29, 1.82) is 0 Å². The van der Waals surface area contributed by atoms with E-state index in [2.05, 4.69) is 0 Å². The van der Waals surface area contributed by atoms with Crippen LogP contribution in [-0.4, -0.2) is 44.8 Å². The number of carboxylic acid groups (broad SMARTS) is 1. The summed E-state index contributed by atoms with van der Waals surface area (Å²) >= 11 is 0. The molecule has 82 valence electrons. The third-order valence-corrected chi connectivity index (χ3v) is 2.69. The summed E-state index contributed by atoms with van der Waals surface area (Å²) in [6.07, 6.45) is 0.146. The molecule has 0 atom stereocenters. The second kappa shape index (κ2) is 4.72. The number of aliphatic carboxylic acids is 1. The predicted molar refractivity (Wildman–Crippen MR) is 47.9 cm³/mol. The number of rotatable bonds is 4. The van der Waals surface area contributed by atoms with Gasteiger partial charge in [0.2, 0.25) is 0 Å². The lowest BCUT2D eigenvalue weighted by molar-refractivity contribution is -0.215. The smallest absolute Gasteiger partial charge is 0.315 e. The van der Waals surface area contributed by atoms with Crippen molar-refractivity contribution >= 4 is 5.97 Å². The van der Waals surface area contributed by atoms with E-state index in [-0.39, 0.29) is 0 Å². The van der Waals surface area contributed by atoms with Gasteiger partial charge in [0.1, 0.15) is 5.41 Å². The van der Waals surface area contributed by atoms with Crippen LogP contribution >= 0.6 is 0 Å². The molecule has 1 N–H and O–H groups in total. The lowest BCUT2D eigenvalue weighted by Crippen LogP contribution is -2.48. The molecule has 0 radical (unpaired) electrons. The molecule has 5 nitrogen and oxygen atoms in total. The number of methoxy groups -OCH3 is 2. The Morgan fingerprint density at radius 3 is 2.21 bits per heavy atom. The zero-order valence-corrected chi connectivity index (χ0v) is 8.49. The maximum atomic E-state index is 11.2. The number of hydrogen-bond acceptors (Lipinski definition) is 4. The maximum Gasteiger partial charge on any atom is 0.315 e. The van der Waals surface area contributed by atoms with Crippen molar-refractivity contribution in [3.63, 3.8) is 0 Å². The minimum absolute atomic E-state index is 0.425. The number of hydrogen-bond donors (Lipinski definition) is 1. The second-order valence-electron chi connectivity index (χ2n) is 3.38. The summed E-state index contributed by atoms with van der Waals surface area (Å²) in [5.74, 6) is -0.880. The van der Waals surface area contributed by atoms with E-state index in [4.69, 9.17) is 14.2 Å². The van der Waals surface area contributed by atoms with Crippen molar-refractivity contribution in [2.75, 3.05) is 27.4 Å². The SMILES string of the molecule is COC(OC)C1(C(=O)O)CCOCC1. The van der Waals surface area contributed by atoms with Gasteiger partial charge in [0.15, 0.2) is 6.29 Å². The van der Waals surface area contributed by atoms with Crippen molar-refractivity contribution in [2.24, 2.45) is 5.41 Å². The fourth-order valence-corrected chi connectivity index (χ4v) is 1.83. The summed E-state index contributed by atoms with van der Waals surface area (Å²) in [7, 11) is 2.91.